The lowest BCUT2D eigenvalue weighted by molar-refractivity contribution is -0.384. The third-order valence-corrected chi connectivity index (χ3v) is 2.06. The smallest absolute Gasteiger partial charge is 0.416 e. The van der Waals surface area contributed by atoms with Crippen LogP contribution in [0.4, 0.5) is 5.69 Å². The molecule has 1 aromatic rings. The summed E-state index contributed by atoms with van der Waals surface area (Å²) in [6.45, 7) is 0. The van der Waals surface area contributed by atoms with Gasteiger partial charge < -0.3 is 10.3 Å². The first kappa shape index (κ1) is 12.5. The summed E-state index contributed by atoms with van der Waals surface area (Å²) in [6.07, 6.45) is 0.0428. The van der Waals surface area contributed by atoms with E-state index in [4.69, 9.17) is 5.53 Å². The SMILES string of the molecule is COC(=O)C(Cc1ccc([N+](=O)[O-])cc1)=[N+]=[N-]. The van der Waals surface area contributed by atoms with Crippen LogP contribution >= 0.6 is 0 Å². The van der Waals surface area contributed by atoms with Gasteiger partial charge in [-0.25, -0.2) is 4.79 Å². The molecule has 0 N–H and O–H groups in total. The molecule has 0 heterocycles. The van der Waals surface area contributed by atoms with Crippen molar-refractivity contribution in [1.29, 1.82) is 0 Å². The van der Waals surface area contributed by atoms with Gasteiger partial charge in [-0.1, -0.05) is 12.1 Å². The van der Waals surface area contributed by atoms with E-state index in [1.165, 1.54) is 31.4 Å². The van der Waals surface area contributed by atoms with Gasteiger partial charge in [-0.3, -0.25) is 10.1 Å². The van der Waals surface area contributed by atoms with E-state index >= 15 is 0 Å². The number of carbonyl (C=O) groups is 1. The summed E-state index contributed by atoms with van der Waals surface area (Å²) in [5.41, 5.74) is 9.00. The number of nitro groups is 1. The predicted molar refractivity (Wildman–Crippen MR) is 57.4 cm³/mol. The number of nitro benzene ring substituents is 1. The Morgan fingerprint density at radius 1 is 1.47 bits per heavy atom. The van der Waals surface area contributed by atoms with Gasteiger partial charge >= 0.3 is 11.7 Å². The van der Waals surface area contributed by atoms with Gasteiger partial charge in [-0.2, -0.15) is 4.79 Å². The van der Waals surface area contributed by atoms with Crippen LogP contribution in [0.25, 0.3) is 5.53 Å². The summed E-state index contributed by atoms with van der Waals surface area (Å²) in [4.78, 5) is 23.8. The molecule has 0 unspecified atom stereocenters. The minimum atomic E-state index is -0.745. The van der Waals surface area contributed by atoms with Crippen molar-refractivity contribution in [1.82, 2.24) is 0 Å². The lowest BCUT2D eigenvalue weighted by atomic mass is 10.1. The van der Waals surface area contributed by atoms with Gasteiger partial charge in [0.05, 0.1) is 18.5 Å². The Morgan fingerprint density at radius 2 is 2.06 bits per heavy atom. The van der Waals surface area contributed by atoms with Crippen LogP contribution in [0.5, 0.6) is 0 Å². The molecule has 7 nitrogen and oxygen atoms in total. The van der Waals surface area contributed by atoms with E-state index in [0.29, 0.717) is 5.56 Å². The van der Waals surface area contributed by atoms with E-state index in [9.17, 15) is 14.9 Å². The molecule has 0 atom stereocenters. The molecule has 0 spiro atoms. The Bertz CT molecular complexity index is 489. The molecule has 88 valence electrons. The number of esters is 1. The molecule has 0 amide bonds. The Morgan fingerprint density at radius 3 is 2.47 bits per heavy atom. The number of rotatable bonds is 4. The van der Waals surface area contributed by atoms with Crippen LogP contribution in [0.1, 0.15) is 5.56 Å². The van der Waals surface area contributed by atoms with Crippen molar-refractivity contribution < 1.29 is 19.2 Å². The van der Waals surface area contributed by atoms with E-state index in [0.717, 1.165) is 0 Å². The first-order valence-corrected chi connectivity index (χ1v) is 4.61. The Balaban J connectivity index is 2.85. The summed E-state index contributed by atoms with van der Waals surface area (Å²) in [6, 6.07) is 5.57. The Hall–Kier alpha value is -2.53. The van der Waals surface area contributed by atoms with Gasteiger partial charge in [0, 0.05) is 12.1 Å². The lowest BCUT2D eigenvalue weighted by Gasteiger charge is -1.97. The number of hydrogen-bond acceptors (Lipinski definition) is 4. The highest BCUT2D eigenvalue weighted by atomic mass is 16.6. The minimum Gasteiger partial charge on any atom is -0.460 e. The number of carbonyl (C=O) groups excluding carboxylic acids is 1. The second-order valence-corrected chi connectivity index (χ2v) is 3.14. The van der Waals surface area contributed by atoms with Crippen molar-refractivity contribution in [2.75, 3.05) is 7.11 Å². The van der Waals surface area contributed by atoms with Crippen LogP contribution < -0.4 is 0 Å². The van der Waals surface area contributed by atoms with Crippen LogP contribution in [0.15, 0.2) is 24.3 Å². The molecule has 7 heteroatoms. The third-order valence-electron chi connectivity index (χ3n) is 2.06. The van der Waals surface area contributed by atoms with Crippen molar-refractivity contribution >= 4 is 17.4 Å². The van der Waals surface area contributed by atoms with E-state index in [1.54, 1.807) is 0 Å². The third kappa shape index (κ3) is 3.22. The topological polar surface area (TPSA) is 106 Å². The normalized spacial score (nSPS) is 9.24. The van der Waals surface area contributed by atoms with Crippen LogP contribution in [0.2, 0.25) is 0 Å². The maximum Gasteiger partial charge on any atom is 0.416 e. The molecular formula is C10H9N3O4. The lowest BCUT2D eigenvalue weighted by Crippen LogP contribution is -2.19. The molecule has 0 saturated carbocycles. The van der Waals surface area contributed by atoms with E-state index in [-0.39, 0.29) is 17.8 Å². The van der Waals surface area contributed by atoms with Crippen LogP contribution in [0.3, 0.4) is 0 Å². The Kier molecular flexibility index (Phi) is 4.08. The molecule has 0 saturated heterocycles. The predicted octanol–water partition coefficient (Wildman–Crippen LogP) is 0.981. The maximum absolute atomic E-state index is 11.1. The highest BCUT2D eigenvalue weighted by Crippen LogP contribution is 2.12. The molecule has 0 aliphatic carbocycles. The molecule has 0 bridgehead atoms. The Labute approximate surface area is 96.4 Å². The van der Waals surface area contributed by atoms with Gasteiger partial charge in [0.15, 0.2) is 0 Å². The van der Waals surface area contributed by atoms with E-state index < -0.39 is 10.9 Å². The van der Waals surface area contributed by atoms with Crippen LogP contribution in [-0.2, 0) is 16.0 Å². The van der Waals surface area contributed by atoms with Crippen LogP contribution in [0, 0.1) is 10.1 Å². The standard InChI is InChI=1S/C10H9N3O4/c1-17-10(14)9(12-11)6-7-2-4-8(5-3-7)13(15)16/h2-5H,6H2,1H3. The van der Waals surface area contributed by atoms with Crippen molar-refractivity contribution in [2.24, 2.45) is 0 Å². The molecular weight excluding hydrogens is 226 g/mol. The summed E-state index contributed by atoms with van der Waals surface area (Å²) >= 11 is 0. The highest BCUT2D eigenvalue weighted by molar-refractivity contribution is 6.34. The summed E-state index contributed by atoms with van der Waals surface area (Å²) in [7, 11) is 1.17. The zero-order valence-corrected chi connectivity index (χ0v) is 8.99. The summed E-state index contributed by atoms with van der Waals surface area (Å²) in [5.74, 6) is -0.745. The summed E-state index contributed by atoms with van der Waals surface area (Å²) in [5, 5.41) is 10.4. The second-order valence-electron chi connectivity index (χ2n) is 3.14. The number of ether oxygens (including phenoxy) is 1. The van der Waals surface area contributed by atoms with Crippen molar-refractivity contribution in [3.8, 4) is 0 Å². The van der Waals surface area contributed by atoms with E-state index in [1.807, 2.05) is 0 Å². The second kappa shape index (κ2) is 5.53. The van der Waals surface area contributed by atoms with Crippen molar-refractivity contribution in [3.63, 3.8) is 0 Å². The molecule has 17 heavy (non-hydrogen) atoms. The molecule has 0 aromatic heterocycles. The number of nitrogens with zero attached hydrogens (tertiary/aromatic N) is 3. The highest BCUT2D eigenvalue weighted by Gasteiger charge is 2.21. The average Bonchev–Trinajstić information content (AvgIpc) is 2.35. The van der Waals surface area contributed by atoms with Gasteiger partial charge in [0.2, 0.25) is 0 Å². The number of hydrogen-bond donors (Lipinski definition) is 0. The largest absolute Gasteiger partial charge is 0.460 e. The summed E-state index contributed by atoms with van der Waals surface area (Å²) < 4.78 is 4.40. The molecule has 0 aliphatic rings. The fraction of sp³-hybridized carbons (Fsp3) is 0.200. The molecule has 0 fully saturated rings. The molecule has 0 aliphatic heterocycles. The van der Waals surface area contributed by atoms with Gasteiger partial charge in [0.1, 0.15) is 0 Å². The molecule has 0 radical (unpaired) electrons. The van der Waals surface area contributed by atoms with Gasteiger partial charge in [-0.05, 0) is 5.56 Å². The zero-order chi connectivity index (χ0) is 12.8. The zero-order valence-electron chi connectivity index (χ0n) is 8.99. The average molecular weight is 235 g/mol. The molecule has 1 rings (SSSR count). The van der Waals surface area contributed by atoms with Gasteiger partial charge in [-0.15, -0.1) is 0 Å². The minimum absolute atomic E-state index is 0.0428. The number of methoxy groups -OCH3 is 1. The van der Waals surface area contributed by atoms with Crippen LogP contribution in [-0.4, -0.2) is 28.5 Å². The molecule has 1 aromatic carbocycles. The van der Waals surface area contributed by atoms with E-state index in [2.05, 4.69) is 9.53 Å². The van der Waals surface area contributed by atoms with Crippen molar-refractivity contribution in [3.05, 3.63) is 45.5 Å². The van der Waals surface area contributed by atoms with Gasteiger partial charge in [0.25, 0.3) is 5.69 Å². The number of non-ortho nitro benzene ring substituents is 1. The van der Waals surface area contributed by atoms with Crippen molar-refractivity contribution in [2.45, 2.75) is 6.42 Å². The fourth-order valence-electron chi connectivity index (χ4n) is 1.20. The quantitative estimate of drug-likeness (QED) is 0.193. The fourth-order valence-corrected chi connectivity index (χ4v) is 1.20. The maximum atomic E-state index is 11.1. The first-order valence-electron chi connectivity index (χ1n) is 4.61. The first-order chi connectivity index (χ1) is 8.08. The number of benzene rings is 1. The monoisotopic (exact) mass is 235 g/mol.